The van der Waals surface area contributed by atoms with Gasteiger partial charge in [0.1, 0.15) is 0 Å². The summed E-state index contributed by atoms with van der Waals surface area (Å²) in [5.41, 5.74) is 5.32. The summed E-state index contributed by atoms with van der Waals surface area (Å²) in [6.07, 6.45) is 0. The molecule has 0 aliphatic carbocycles. The molecule has 0 saturated carbocycles. The van der Waals surface area contributed by atoms with Crippen LogP contribution in [0.4, 0.5) is 16.2 Å². The van der Waals surface area contributed by atoms with Gasteiger partial charge in [0.15, 0.2) is 0 Å². The first kappa shape index (κ1) is 19.9. The third kappa shape index (κ3) is 5.10. The van der Waals surface area contributed by atoms with E-state index in [1.165, 1.54) is 11.3 Å². The average Bonchev–Trinajstić information content (AvgIpc) is 2.65. The Balaban J connectivity index is 1.45. The van der Waals surface area contributed by atoms with Gasteiger partial charge >= 0.3 is 6.03 Å². The second kappa shape index (κ2) is 8.89. The van der Waals surface area contributed by atoms with Crippen LogP contribution >= 0.6 is 0 Å². The number of carbonyl (C=O) groups is 2. The SMILES string of the molecule is Cc1ccc(NC(=O)NC(=O)CN2CCN(c3ccccc3C)CC2)c(C)c1. The van der Waals surface area contributed by atoms with Gasteiger partial charge in [-0.3, -0.25) is 15.0 Å². The van der Waals surface area contributed by atoms with Crippen LogP contribution in [0, 0.1) is 20.8 Å². The number of nitrogens with one attached hydrogen (secondary N) is 2. The van der Waals surface area contributed by atoms with Crippen molar-refractivity contribution in [1.82, 2.24) is 10.2 Å². The Morgan fingerprint density at radius 3 is 2.32 bits per heavy atom. The van der Waals surface area contributed by atoms with E-state index in [0.717, 1.165) is 37.3 Å². The van der Waals surface area contributed by atoms with Gasteiger partial charge in [0.05, 0.1) is 6.54 Å². The molecule has 2 N–H and O–H groups in total. The number of piperazine rings is 1. The van der Waals surface area contributed by atoms with Crippen molar-refractivity contribution in [3.8, 4) is 0 Å². The van der Waals surface area contributed by atoms with Gasteiger partial charge in [0, 0.05) is 37.6 Å². The molecule has 2 aromatic carbocycles. The van der Waals surface area contributed by atoms with E-state index >= 15 is 0 Å². The summed E-state index contributed by atoms with van der Waals surface area (Å²) < 4.78 is 0. The number of rotatable bonds is 4. The van der Waals surface area contributed by atoms with E-state index in [2.05, 4.69) is 45.6 Å². The van der Waals surface area contributed by atoms with E-state index in [-0.39, 0.29) is 12.5 Å². The first-order valence-electron chi connectivity index (χ1n) is 9.63. The molecule has 28 heavy (non-hydrogen) atoms. The Kier molecular flexibility index (Phi) is 6.31. The summed E-state index contributed by atoms with van der Waals surface area (Å²) >= 11 is 0. The molecule has 0 radical (unpaired) electrons. The van der Waals surface area contributed by atoms with Crippen LogP contribution in [0.15, 0.2) is 42.5 Å². The lowest BCUT2D eigenvalue weighted by molar-refractivity contribution is -0.121. The zero-order chi connectivity index (χ0) is 20.1. The van der Waals surface area contributed by atoms with Crippen molar-refractivity contribution in [1.29, 1.82) is 0 Å². The fourth-order valence-corrected chi connectivity index (χ4v) is 3.54. The Bertz CT molecular complexity index is 857. The molecule has 1 heterocycles. The number of benzene rings is 2. The largest absolute Gasteiger partial charge is 0.369 e. The molecule has 3 rings (SSSR count). The van der Waals surface area contributed by atoms with Gasteiger partial charge in [-0.2, -0.15) is 0 Å². The zero-order valence-corrected chi connectivity index (χ0v) is 16.8. The van der Waals surface area contributed by atoms with Crippen molar-refractivity contribution in [2.45, 2.75) is 20.8 Å². The van der Waals surface area contributed by atoms with Gasteiger partial charge in [-0.05, 0) is 44.0 Å². The highest BCUT2D eigenvalue weighted by Gasteiger charge is 2.20. The minimum Gasteiger partial charge on any atom is -0.369 e. The summed E-state index contributed by atoms with van der Waals surface area (Å²) in [7, 11) is 0. The molecule has 6 heteroatoms. The number of hydrogen-bond acceptors (Lipinski definition) is 4. The topological polar surface area (TPSA) is 64.7 Å². The van der Waals surface area contributed by atoms with Crippen LogP contribution in [0.25, 0.3) is 0 Å². The second-order valence-corrected chi connectivity index (χ2v) is 7.37. The lowest BCUT2D eigenvalue weighted by atomic mass is 10.1. The summed E-state index contributed by atoms with van der Waals surface area (Å²) in [6.45, 7) is 9.59. The van der Waals surface area contributed by atoms with Crippen LogP contribution in [0.2, 0.25) is 0 Å². The summed E-state index contributed by atoms with van der Waals surface area (Å²) in [5, 5.41) is 5.17. The normalized spacial score (nSPS) is 14.6. The van der Waals surface area contributed by atoms with Crippen molar-refractivity contribution < 1.29 is 9.59 Å². The lowest BCUT2D eigenvalue weighted by Gasteiger charge is -2.36. The van der Waals surface area contributed by atoms with E-state index in [0.29, 0.717) is 5.69 Å². The Hall–Kier alpha value is -2.86. The maximum Gasteiger partial charge on any atom is 0.325 e. The van der Waals surface area contributed by atoms with Crippen molar-refractivity contribution in [2.75, 3.05) is 42.9 Å². The van der Waals surface area contributed by atoms with E-state index in [4.69, 9.17) is 0 Å². The molecule has 0 atom stereocenters. The highest BCUT2D eigenvalue weighted by atomic mass is 16.2. The number of amides is 3. The molecular formula is C22H28N4O2. The highest BCUT2D eigenvalue weighted by molar-refractivity contribution is 6.02. The van der Waals surface area contributed by atoms with Crippen molar-refractivity contribution in [2.24, 2.45) is 0 Å². The fraction of sp³-hybridized carbons (Fsp3) is 0.364. The standard InChI is InChI=1S/C22H28N4O2/c1-16-8-9-19(18(3)14-16)23-22(28)24-21(27)15-25-10-12-26(13-11-25)20-7-5-4-6-17(20)2/h4-9,14H,10-13,15H2,1-3H3,(H2,23,24,27,28). The fourth-order valence-electron chi connectivity index (χ4n) is 3.54. The van der Waals surface area contributed by atoms with Crippen LogP contribution < -0.4 is 15.5 Å². The number of para-hydroxylation sites is 1. The predicted octanol–water partition coefficient (Wildman–Crippen LogP) is 3.08. The van der Waals surface area contributed by atoms with E-state index in [1.54, 1.807) is 0 Å². The number of imide groups is 1. The molecule has 6 nitrogen and oxygen atoms in total. The van der Waals surface area contributed by atoms with Crippen molar-refractivity contribution in [3.05, 3.63) is 59.2 Å². The highest BCUT2D eigenvalue weighted by Crippen LogP contribution is 2.20. The summed E-state index contributed by atoms with van der Waals surface area (Å²) in [4.78, 5) is 28.8. The van der Waals surface area contributed by atoms with E-state index in [9.17, 15) is 9.59 Å². The van der Waals surface area contributed by atoms with Crippen LogP contribution in [0.5, 0.6) is 0 Å². The van der Waals surface area contributed by atoms with Crippen LogP contribution in [0.1, 0.15) is 16.7 Å². The quantitative estimate of drug-likeness (QED) is 0.856. The molecular weight excluding hydrogens is 352 g/mol. The third-order valence-electron chi connectivity index (χ3n) is 5.08. The van der Waals surface area contributed by atoms with Crippen LogP contribution in [-0.2, 0) is 4.79 Å². The van der Waals surface area contributed by atoms with Gasteiger partial charge in [-0.1, -0.05) is 35.9 Å². The molecule has 0 spiro atoms. The molecule has 1 saturated heterocycles. The van der Waals surface area contributed by atoms with Crippen molar-refractivity contribution >= 4 is 23.3 Å². The number of anilines is 2. The number of urea groups is 1. The van der Waals surface area contributed by atoms with Crippen LogP contribution in [0.3, 0.4) is 0 Å². The molecule has 2 aromatic rings. The average molecular weight is 380 g/mol. The smallest absolute Gasteiger partial charge is 0.325 e. The predicted molar refractivity (Wildman–Crippen MR) is 113 cm³/mol. The Morgan fingerprint density at radius 2 is 1.64 bits per heavy atom. The molecule has 0 aromatic heterocycles. The zero-order valence-electron chi connectivity index (χ0n) is 16.8. The number of hydrogen-bond donors (Lipinski definition) is 2. The van der Waals surface area contributed by atoms with E-state index in [1.807, 2.05) is 38.1 Å². The maximum atomic E-state index is 12.2. The molecule has 3 amide bonds. The molecule has 0 unspecified atom stereocenters. The first-order chi connectivity index (χ1) is 13.4. The third-order valence-corrected chi connectivity index (χ3v) is 5.08. The Morgan fingerprint density at radius 1 is 0.929 bits per heavy atom. The van der Waals surface area contributed by atoms with E-state index < -0.39 is 6.03 Å². The van der Waals surface area contributed by atoms with Gasteiger partial charge in [0.2, 0.25) is 5.91 Å². The Labute approximate surface area is 166 Å². The molecule has 148 valence electrons. The van der Waals surface area contributed by atoms with Gasteiger partial charge < -0.3 is 10.2 Å². The molecule has 0 bridgehead atoms. The number of carbonyl (C=O) groups excluding carboxylic acids is 2. The number of nitrogens with zero attached hydrogens (tertiary/aromatic N) is 2. The lowest BCUT2D eigenvalue weighted by Crippen LogP contribution is -2.50. The summed E-state index contributed by atoms with van der Waals surface area (Å²) in [6, 6.07) is 13.6. The maximum absolute atomic E-state index is 12.2. The van der Waals surface area contributed by atoms with Gasteiger partial charge in [-0.25, -0.2) is 4.79 Å². The summed E-state index contributed by atoms with van der Waals surface area (Å²) in [5.74, 6) is -0.286. The molecule has 1 aliphatic rings. The number of aryl methyl sites for hydroxylation is 3. The first-order valence-corrected chi connectivity index (χ1v) is 9.63. The van der Waals surface area contributed by atoms with Gasteiger partial charge in [0.25, 0.3) is 0 Å². The van der Waals surface area contributed by atoms with Crippen molar-refractivity contribution in [3.63, 3.8) is 0 Å². The second-order valence-electron chi connectivity index (χ2n) is 7.37. The minimum absolute atomic E-state index is 0.224. The molecule has 1 fully saturated rings. The van der Waals surface area contributed by atoms with Gasteiger partial charge in [-0.15, -0.1) is 0 Å². The molecule has 1 aliphatic heterocycles. The van der Waals surface area contributed by atoms with Crippen LogP contribution in [-0.4, -0.2) is 49.6 Å². The monoisotopic (exact) mass is 380 g/mol. The minimum atomic E-state index is -0.490.